The number of amides is 1. The fourth-order valence-electron chi connectivity index (χ4n) is 1.29. The zero-order valence-corrected chi connectivity index (χ0v) is 10.7. The Kier molecular flexibility index (Phi) is 4.38. The van der Waals surface area contributed by atoms with Gasteiger partial charge in [-0.25, -0.2) is 0 Å². The summed E-state index contributed by atoms with van der Waals surface area (Å²) in [4.78, 5) is 12.8. The van der Waals surface area contributed by atoms with Crippen molar-refractivity contribution in [2.75, 3.05) is 11.6 Å². The van der Waals surface area contributed by atoms with Gasteiger partial charge in [0.15, 0.2) is 0 Å². The maximum absolute atomic E-state index is 11.6. The van der Waals surface area contributed by atoms with E-state index in [4.69, 9.17) is 5.73 Å². The molecule has 0 aliphatic rings. The highest BCUT2D eigenvalue weighted by molar-refractivity contribution is 7.98. The first-order chi connectivity index (χ1) is 7.40. The SMILES string of the molecule is CSc1ccc(NC(=O)CC(C)(C)N)cc1. The topological polar surface area (TPSA) is 55.1 Å². The van der Waals surface area contributed by atoms with Crippen LogP contribution in [0.4, 0.5) is 5.69 Å². The molecule has 0 spiro atoms. The summed E-state index contributed by atoms with van der Waals surface area (Å²) in [6, 6.07) is 7.75. The van der Waals surface area contributed by atoms with Crippen molar-refractivity contribution in [3.63, 3.8) is 0 Å². The summed E-state index contributed by atoms with van der Waals surface area (Å²) < 4.78 is 0. The average molecular weight is 238 g/mol. The molecule has 0 aromatic heterocycles. The molecule has 0 unspecified atom stereocenters. The highest BCUT2D eigenvalue weighted by Gasteiger charge is 2.16. The molecule has 0 saturated carbocycles. The van der Waals surface area contributed by atoms with Crippen LogP contribution >= 0.6 is 11.8 Å². The molecule has 0 radical (unpaired) electrons. The number of nitrogens with one attached hydrogen (secondary N) is 1. The van der Waals surface area contributed by atoms with Crippen LogP contribution in [0.5, 0.6) is 0 Å². The van der Waals surface area contributed by atoms with E-state index in [0.717, 1.165) is 5.69 Å². The molecule has 1 amide bonds. The van der Waals surface area contributed by atoms with Crippen LogP contribution in [-0.4, -0.2) is 17.7 Å². The first kappa shape index (κ1) is 13.1. The molecule has 0 fully saturated rings. The Bertz CT molecular complexity index is 354. The Morgan fingerprint density at radius 2 is 1.94 bits per heavy atom. The number of rotatable bonds is 4. The number of benzene rings is 1. The van der Waals surface area contributed by atoms with Crippen molar-refractivity contribution in [2.24, 2.45) is 5.73 Å². The quantitative estimate of drug-likeness (QED) is 0.792. The summed E-state index contributed by atoms with van der Waals surface area (Å²) in [5.74, 6) is -0.0515. The smallest absolute Gasteiger partial charge is 0.226 e. The molecule has 3 nitrogen and oxygen atoms in total. The van der Waals surface area contributed by atoms with Crippen LogP contribution < -0.4 is 11.1 Å². The van der Waals surface area contributed by atoms with Crippen molar-refractivity contribution in [1.29, 1.82) is 0 Å². The van der Waals surface area contributed by atoms with Crippen molar-refractivity contribution in [1.82, 2.24) is 0 Å². The number of nitrogens with two attached hydrogens (primary N) is 1. The number of anilines is 1. The molecule has 1 aromatic rings. The summed E-state index contributed by atoms with van der Waals surface area (Å²) in [5.41, 5.74) is 6.11. The second kappa shape index (κ2) is 5.37. The number of carbonyl (C=O) groups is 1. The highest BCUT2D eigenvalue weighted by Crippen LogP contribution is 2.17. The van der Waals surface area contributed by atoms with Gasteiger partial charge in [-0.15, -0.1) is 11.8 Å². The van der Waals surface area contributed by atoms with Gasteiger partial charge >= 0.3 is 0 Å². The molecule has 0 saturated heterocycles. The predicted molar refractivity (Wildman–Crippen MR) is 69.7 cm³/mol. The molecule has 1 rings (SSSR count). The minimum atomic E-state index is -0.469. The standard InChI is InChI=1S/C12H18N2OS/c1-12(2,13)8-11(15)14-9-4-6-10(16-3)7-5-9/h4-7H,8,13H2,1-3H3,(H,14,15). The highest BCUT2D eigenvalue weighted by atomic mass is 32.2. The Labute approximate surface area is 101 Å². The van der Waals surface area contributed by atoms with E-state index in [-0.39, 0.29) is 5.91 Å². The van der Waals surface area contributed by atoms with Crippen LogP contribution in [0.1, 0.15) is 20.3 Å². The molecule has 16 heavy (non-hydrogen) atoms. The van der Waals surface area contributed by atoms with Crippen LogP contribution in [0.2, 0.25) is 0 Å². The number of hydrogen-bond acceptors (Lipinski definition) is 3. The van der Waals surface area contributed by atoms with Crippen molar-refractivity contribution in [2.45, 2.75) is 30.7 Å². The van der Waals surface area contributed by atoms with E-state index in [2.05, 4.69) is 5.32 Å². The Hall–Kier alpha value is -1.00. The Balaban J connectivity index is 2.56. The van der Waals surface area contributed by atoms with Gasteiger partial charge in [-0.1, -0.05) is 0 Å². The summed E-state index contributed by atoms with van der Waals surface area (Å²) in [6.45, 7) is 3.67. The molecule has 0 bridgehead atoms. The van der Waals surface area contributed by atoms with E-state index in [9.17, 15) is 4.79 Å². The predicted octanol–water partition coefficient (Wildman–Crippen LogP) is 2.47. The fraction of sp³-hybridized carbons (Fsp3) is 0.417. The van der Waals surface area contributed by atoms with E-state index in [0.29, 0.717) is 6.42 Å². The van der Waals surface area contributed by atoms with Crippen LogP contribution in [0, 0.1) is 0 Å². The zero-order valence-electron chi connectivity index (χ0n) is 9.91. The molecule has 0 aliphatic carbocycles. The molecule has 0 aliphatic heterocycles. The van der Waals surface area contributed by atoms with E-state index in [1.165, 1.54) is 4.90 Å². The largest absolute Gasteiger partial charge is 0.326 e. The molecule has 0 atom stereocenters. The zero-order chi connectivity index (χ0) is 12.2. The van der Waals surface area contributed by atoms with Crippen LogP contribution in [0.25, 0.3) is 0 Å². The van der Waals surface area contributed by atoms with Gasteiger partial charge in [0.25, 0.3) is 0 Å². The normalized spacial score (nSPS) is 11.2. The van der Waals surface area contributed by atoms with Crippen LogP contribution in [0.15, 0.2) is 29.2 Å². The lowest BCUT2D eigenvalue weighted by atomic mass is 10.0. The lowest BCUT2D eigenvalue weighted by Crippen LogP contribution is -2.36. The maximum Gasteiger partial charge on any atom is 0.226 e. The van der Waals surface area contributed by atoms with Crippen molar-refractivity contribution in [3.8, 4) is 0 Å². The molecule has 0 heterocycles. The van der Waals surface area contributed by atoms with Gasteiger partial charge in [-0.05, 0) is 44.4 Å². The molecule has 88 valence electrons. The summed E-state index contributed by atoms with van der Waals surface area (Å²) >= 11 is 1.67. The van der Waals surface area contributed by atoms with Crippen molar-refractivity contribution in [3.05, 3.63) is 24.3 Å². The minimum absolute atomic E-state index is 0.0515. The lowest BCUT2D eigenvalue weighted by molar-refractivity contribution is -0.117. The molecule has 3 N–H and O–H groups in total. The van der Waals surface area contributed by atoms with Crippen molar-refractivity contribution >= 4 is 23.4 Å². The van der Waals surface area contributed by atoms with Gasteiger partial charge in [0.1, 0.15) is 0 Å². The first-order valence-corrected chi connectivity index (χ1v) is 6.36. The monoisotopic (exact) mass is 238 g/mol. The number of hydrogen-bond donors (Lipinski definition) is 2. The number of thioether (sulfide) groups is 1. The van der Waals surface area contributed by atoms with Gasteiger partial charge in [0, 0.05) is 22.5 Å². The van der Waals surface area contributed by atoms with E-state index in [1.807, 2.05) is 44.4 Å². The average Bonchev–Trinajstić information content (AvgIpc) is 2.16. The van der Waals surface area contributed by atoms with Gasteiger partial charge in [0.05, 0.1) is 0 Å². The second-order valence-corrected chi connectivity index (χ2v) is 5.32. The van der Waals surface area contributed by atoms with Gasteiger partial charge in [0.2, 0.25) is 5.91 Å². The molecular formula is C12H18N2OS. The summed E-state index contributed by atoms with van der Waals surface area (Å²) in [7, 11) is 0. The van der Waals surface area contributed by atoms with E-state index < -0.39 is 5.54 Å². The fourth-order valence-corrected chi connectivity index (χ4v) is 1.70. The van der Waals surface area contributed by atoms with Crippen LogP contribution in [-0.2, 0) is 4.79 Å². The molecule has 4 heteroatoms. The molecule has 1 aromatic carbocycles. The van der Waals surface area contributed by atoms with Gasteiger partial charge in [-0.2, -0.15) is 0 Å². The third kappa shape index (κ3) is 4.68. The Morgan fingerprint density at radius 1 is 1.38 bits per heavy atom. The van der Waals surface area contributed by atoms with Gasteiger partial charge < -0.3 is 11.1 Å². The maximum atomic E-state index is 11.6. The minimum Gasteiger partial charge on any atom is -0.326 e. The molecular weight excluding hydrogens is 220 g/mol. The van der Waals surface area contributed by atoms with Crippen LogP contribution in [0.3, 0.4) is 0 Å². The van der Waals surface area contributed by atoms with E-state index in [1.54, 1.807) is 11.8 Å². The summed E-state index contributed by atoms with van der Waals surface area (Å²) in [6.07, 6.45) is 2.34. The summed E-state index contributed by atoms with van der Waals surface area (Å²) in [5, 5.41) is 2.82. The first-order valence-electron chi connectivity index (χ1n) is 5.13. The van der Waals surface area contributed by atoms with Gasteiger partial charge in [-0.3, -0.25) is 4.79 Å². The third-order valence-electron chi connectivity index (χ3n) is 1.99. The Morgan fingerprint density at radius 3 is 2.38 bits per heavy atom. The second-order valence-electron chi connectivity index (χ2n) is 4.44. The van der Waals surface area contributed by atoms with Crippen molar-refractivity contribution < 1.29 is 4.79 Å². The van der Waals surface area contributed by atoms with E-state index >= 15 is 0 Å². The lowest BCUT2D eigenvalue weighted by Gasteiger charge is -2.17. The third-order valence-corrected chi connectivity index (χ3v) is 2.73. The number of carbonyl (C=O) groups excluding carboxylic acids is 1.